The Hall–Kier alpha value is -4.07. The molecule has 1 fully saturated rings. The number of thiophene rings is 1. The summed E-state index contributed by atoms with van der Waals surface area (Å²) in [4.78, 5) is 3.34. The van der Waals surface area contributed by atoms with E-state index in [4.69, 9.17) is 18.9 Å². The van der Waals surface area contributed by atoms with E-state index in [1.807, 2.05) is 60.7 Å². The van der Waals surface area contributed by atoms with E-state index in [0.29, 0.717) is 13.2 Å². The van der Waals surface area contributed by atoms with Crippen molar-refractivity contribution in [3.05, 3.63) is 103 Å². The Balaban J connectivity index is 1.20. The summed E-state index contributed by atoms with van der Waals surface area (Å²) in [6.07, 6.45) is 0.921. The van der Waals surface area contributed by atoms with E-state index in [2.05, 4.69) is 48.2 Å². The molecule has 2 unspecified atom stereocenters. The molecule has 0 saturated carbocycles. The van der Waals surface area contributed by atoms with Crippen LogP contribution in [0.5, 0.6) is 28.7 Å². The predicted octanol–water partition coefficient (Wildman–Crippen LogP) is 9.01. The molecule has 43 heavy (non-hydrogen) atoms. The summed E-state index contributed by atoms with van der Waals surface area (Å²) >= 11 is 1.68. The molecule has 4 aromatic carbocycles. The maximum atomic E-state index is 13.0. The van der Waals surface area contributed by atoms with Gasteiger partial charge in [0.2, 0.25) is 0 Å². The largest absolute Gasteiger partial charge is 0.497 e. The van der Waals surface area contributed by atoms with Crippen LogP contribution in [0, 0.1) is 5.92 Å². The second-order valence-corrected chi connectivity index (χ2v) is 12.0. The van der Waals surface area contributed by atoms with Gasteiger partial charge in [-0.2, -0.15) is 0 Å². The molecule has 0 bridgehead atoms. The van der Waals surface area contributed by atoms with Crippen LogP contribution in [-0.2, 0) is 6.61 Å². The molecular formula is C36H36FNO4S. The monoisotopic (exact) mass is 597 g/mol. The third-order valence-corrected chi connectivity index (χ3v) is 9.09. The first kappa shape index (κ1) is 29.0. The maximum Gasteiger partial charge on any atom is 0.153 e. The minimum absolute atomic E-state index is 0.156. The fourth-order valence-corrected chi connectivity index (χ4v) is 6.51. The molecule has 0 radical (unpaired) electrons. The minimum Gasteiger partial charge on any atom is -0.497 e. The van der Waals surface area contributed by atoms with Gasteiger partial charge in [0.15, 0.2) is 5.75 Å². The van der Waals surface area contributed by atoms with Gasteiger partial charge in [0.25, 0.3) is 0 Å². The molecule has 5 nitrogen and oxygen atoms in total. The van der Waals surface area contributed by atoms with Crippen LogP contribution < -0.4 is 18.9 Å². The molecule has 6 rings (SSSR count). The maximum absolute atomic E-state index is 13.0. The van der Waals surface area contributed by atoms with Gasteiger partial charge < -0.3 is 18.9 Å². The van der Waals surface area contributed by atoms with Crippen molar-refractivity contribution < 1.29 is 23.3 Å². The number of nitrogens with zero attached hydrogens (tertiary/aromatic N) is 1. The molecule has 1 aromatic heterocycles. The van der Waals surface area contributed by atoms with E-state index in [1.165, 1.54) is 0 Å². The second kappa shape index (κ2) is 13.5. The van der Waals surface area contributed by atoms with E-state index in [-0.39, 0.29) is 18.6 Å². The molecular weight excluding hydrogens is 561 g/mol. The summed E-state index contributed by atoms with van der Waals surface area (Å²) in [5, 5.41) is 1.02. The number of hydrogen-bond donors (Lipinski definition) is 0. The van der Waals surface area contributed by atoms with Crippen molar-refractivity contribution in [3.63, 3.8) is 0 Å². The summed E-state index contributed by atoms with van der Waals surface area (Å²) in [6, 6.07) is 32.3. The summed E-state index contributed by atoms with van der Waals surface area (Å²) < 4.78 is 38.2. The zero-order chi connectivity index (χ0) is 29.6. The lowest BCUT2D eigenvalue weighted by Gasteiger charge is -2.24. The number of fused-ring (bicyclic) bond motifs is 1. The van der Waals surface area contributed by atoms with Crippen molar-refractivity contribution in [1.29, 1.82) is 0 Å². The number of ether oxygens (including phenoxy) is 4. The van der Waals surface area contributed by atoms with Gasteiger partial charge in [0, 0.05) is 28.6 Å². The topological polar surface area (TPSA) is 40.2 Å². The molecule has 222 valence electrons. The van der Waals surface area contributed by atoms with Crippen molar-refractivity contribution in [1.82, 2.24) is 4.90 Å². The fraction of sp³-hybridized carbons (Fsp3) is 0.278. The van der Waals surface area contributed by atoms with Gasteiger partial charge in [0.1, 0.15) is 36.2 Å². The number of hydrogen-bond acceptors (Lipinski definition) is 6. The zero-order valence-electron chi connectivity index (χ0n) is 24.5. The van der Waals surface area contributed by atoms with E-state index >= 15 is 0 Å². The SMILES string of the molecule is COc1ccc(-c2sc3cc(OCc4ccccc4)ccc3c2Oc2ccc(OCC(C)N3CCC(CF)C3)cc2)cc1. The molecule has 7 heteroatoms. The van der Waals surface area contributed by atoms with Crippen molar-refractivity contribution in [3.8, 4) is 39.2 Å². The molecule has 0 amide bonds. The van der Waals surface area contributed by atoms with E-state index < -0.39 is 0 Å². The van der Waals surface area contributed by atoms with Crippen LogP contribution >= 0.6 is 11.3 Å². The van der Waals surface area contributed by atoms with Crippen molar-refractivity contribution in [2.24, 2.45) is 5.92 Å². The quantitative estimate of drug-likeness (QED) is 0.144. The molecule has 0 spiro atoms. The number of alkyl halides is 1. The number of benzene rings is 4. The second-order valence-electron chi connectivity index (χ2n) is 11.0. The normalized spacial score (nSPS) is 15.8. The number of rotatable bonds is 12. The standard InChI is InChI=1S/C36H36FNO4S/c1-25(38-19-18-27(21-37)22-38)23-40-30-12-14-31(15-13-30)42-35-33-17-16-32(41-24-26-6-4-3-5-7-26)20-34(33)43-36(35)28-8-10-29(39-2)11-9-28/h3-17,20,25,27H,18-19,21-24H2,1-2H3. The van der Waals surface area contributed by atoms with Crippen LogP contribution in [0.25, 0.3) is 20.5 Å². The summed E-state index contributed by atoms with van der Waals surface area (Å²) in [5.74, 6) is 4.09. The average Bonchev–Trinajstić information content (AvgIpc) is 3.69. The third-order valence-electron chi connectivity index (χ3n) is 7.91. The average molecular weight is 598 g/mol. The van der Waals surface area contributed by atoms with Crippen LogP contribution in [0.2, 0.25) is 0 Å². The molecule has 1 aliphatic heterocycles. The Kier molecular flexibility index (Phi) is 9.10. The first-order chi connectivity index (χ1) is 21.1. The van der Waals surface area contributed by atoms with Gasteiger partial charge in [-0.3, -0.25) is 9.29 Å². The van der Waals surface area contributed by atoms with Gasteiger partial charge >= 0.3 is 0 Å². The highest BCUT2D eigenvalue weighted by atomic mass is 32.1. The fourth-order valence-electron chi connectivity index (χ4n) is 5.35. The first-order valence-corrected chi connectivity index (χ1v) is 15.5. The van der Waals surface area contributed by atoms with Gasteiger partial charge in [-0.1, -0.05) is 30.3 Å². The third kappa shape index (κ3) is 6.95. The molecule has 5 aromatic rings. The number of likely N-dealkylation sites (tertiary alicyclic amines) is 1. The molecule has 1 saturated heterocycles. The molecule has 1 aliphatic rings. The Morgan fingerprint density at radius 3 is 2.30 bits per heavy atom. The van der Waals surface area contributed by atoms with Crippen LogP contribution in [0.1, 0.15) is 18.9 Å². The van der Waals surface area contributed by atoms with Crippen molar-refractivity contribution in [2.75, 3.05) is 33.5 Å². The Labute approximate surface area is 256 Å². The Morgan fingerprint density at radius 2 is 1.58 bits per heavy atom. The van der Waals surface area contributed by atoms with E-state index in [9.17, 15) is 4.39 Å². The van der Waals surface area contributed by atoms with Gasteiger partial charge in [-0.15, -0.1) is 11.3 Å². The molecule has 2 atom stereocenters. The Morgan fingerprint density at radius 1 is 0.860 bits per heavy atom. The van der Waals surface area contributed by atoms with Crippen LogP contribution in [0.3, 0.4) is 0 Å². The smallest absolute Gasteiger partial charge is 0.153 e. The summed E-state index contributed by atoms with van der Waals surface area (Å²) in [5.41, 5.74) is 2.18. The minimum atomic E-state index is -0.242. The summed E-state index contributed by atoms with van der Waals surface area (Å²) in [6.45, 7) is 4.70. The van der Waals surface area contributed by atoms with Crippen LogP contribution in [-0.4, -0.2) is 44.4 Å². The number of methoxy groups -OCH3 is 1. The first-order valence-electron chi connectivity index (χ1n) is 14.7. The van der Waals surface area contributed by atoms with Gasteiger partial charge in [-0.25, -0.2) is 0 Å². The molecule has 0 aliphatic carbocycles. The van der Waals surface area contributed by atoms with E-state index in [0.717, 1.165) is 74.3 Å². The summed E-state index contributed by atoms with van der Waals surface area (Å²) in [7, 11) is 1.67. The molecule has 0 N–H and O–H groups in total. The highest BCUT2D eigenvalue weighted by Crippen LogP contribution is 2.47. The van der Waals surface area contributed by atoms with Crippen molar-refractivity contribution >= 4 is 21.4 Å². The lowest BCUT2D eigenvalue weighted by molar-refractivity contribution is 0.165. The van der Waals surface area contributed by atoms with Crippen LogP contribution in [0.15, 0.2) is 97.1 Å². The predicted molar refractivity (Wildman–Crippen MR) is 172 cm³/mol. The Bertz CT molecular complexity index is 1620. The lowest BCUT2D eigenvalue weighted by atomic mass is 10.1. The van der Waals surface area contributed by atoms with Crippen LogP contribution in [0.4, 0.5) is 4.39 Å². The lowest BCUT2D eigenvalue weighted by Crippen LogP contribution is -2.35. The highest BCUT2D eigenvalue weighted by Gasteiger charge is 2.26. The van der Waals surface area contributed by atoms with Gasteiger partial charge in [0.05, 0.1) is 18.7 Å². The van der Waals surface area contributed by atoms with Crippen molar-refractivity contribution in [2.45, 2.75) is 26.0 Å². The van der Waals surface area contributed by atoms with Gasteiger partial charge in [-0.05, 0) is 97.7 Å². The zero-order valence-corrected chi connectivity index (χ0v) is 25.3. The molecule has 2 heterocycles. The van der Waals surface area contributed by atoms with E-state index in [1.54, 1.807) is 18.4 Å². The number of halogens is 1. The highest BCUT2D eigenvalue weighted by molar-refractivity contribution is 7.22.